The number of fused-ring (bicyclic) bond motifs is 1. The molecule has 0 saturated heterocycles. The summed E-state index contributed by atoms with van der Waals surface area (Å²) < 4.78 is 1.79. The molecule has 0 bridgehead atoms. The van der Waals surface area contributed by atoms with Crippen LogP contribution in [0.1, 0.15) is 6.42 Å². The van der Waals surface area contributed by atoms with Crippen LogP contribution in [-0.2, 0) is 0 Å². The van der Waals surface area contributed by atoms with Gasteiger partial charge in [-0.3, -0.25) is 0 Å². The van der Waals surface area contributed by atoms with Crippen molar-refractivity contribution in [2.24, 2.45) is 5.73 Å². The van der Waals surface area contributed by atoms with Crippen molar-refractivity contribution in [2.45, 2.75) is 6.42 Å². The maximum absolute atomic E-state index is 5.48. The lowest BCUT2D eigenvalue weighted by atomic mass is 10.3. The van der Waals surface area contributed by atoms with Crippen LogP contribution in [0.5, 0.6) is 0 Å². The Hall–Kier alpha value is -1.69. The Kier molecular flexibility index (Phi) is 3.00. The quantitative estimate of drug-likeness (QED) is 0.796. The van der Waals surface area contributed by atoms with Crippen LogP contribution in [0.25, 0.3) is 5.52 Å². The van der Waals surface area contributed by atoms with Gasteiger partial charge < -0.3 is 10.6 Å². The first-order valence-electron chi connectivity index (χ1n) is 4.96. The topological polar surface area (TPSA) is 59.5 Å². The van der Waals surface area contributed by atoms with Crippen molar-refractivity contribution in [2.75, 3.05) is 18.5 Å². The molecular formula is C10H13N5S. The fourth-order valence-corrected chi connectivity index (χ4v) is 1.61. The van der Waals surface area contributed by atoms with Crippen molar-refractivity contribution in [3.8, 4) is 0 Å². The number of nitrogens with two attached hydrogens (primary N) is 1. The molecule has 16 heavy (non-hydrogen) atoms. The Balaban J connectivity index is 2.25. The van der Waals surface area contributed by atoms with E-state index in [-0.39, 0.29) is 0 Å². The monoisotopic (exact) mass is 235 g/mol. The van der Waals surface area contributed by atoms with Gasteiger partial charge in [0.05, 0.1) is 11.2 Å². The number of nitrogens with zero attached hydrogens (tertiary/aromatic N) is 4. The van der Waals surface area contributed by atoms with E-state index in [1.165, 1.54) is 0 Å². The normalized spacial score (nSPS) is 10.6. The van der Waals surface area contributed by atoms with E-state index in [4.69, 9.17) is 18.0 Å². The molecular weight excluding hydrogens is 222 g/mol. The molecule has 5 nitrogen and oxygen atoms in total. The minimum Gasteiger partial charge on any atom is -0.393 e. The Bertz CT molecular complexity index is 507. The van der Waals surface area contributed by atoms with Crippen molar-refractivity contribution in [3.63, 3.8) is 0 Å². The van der Waals surface area contributed by atoms with Crippen LogP contribution in [0.15, 0.2) is 24.7 Å². The van der Waals surface area contributed by atoms with Crippen LogP contribution in [0.4, 0.5) is 5.82 Å². The van der Waals surface area contributed by atoms with Gasteiger partial charge in [0.15, 0.2) is 5.82 Å². The molecule has 0 aliphatic heterocycles. The van der Waals surface area contributed by atoms with E-state index in [0.29, 0.717) is 11.4 Å². The summed E-state index contributed by atoms with van der Waals surface area (Å²) in [6.07, 6.45) is 5.98. The van der Waals surface area contributed by atoms with Crippen LogP contribution in [-0.4, -0.2) is 33.2 Å². The van der Waals surface area contributed by atoms with Crippen molar-refractivity contribution >= 4 is 28.5 Å². The van der Waals surface area contributed by atoms with Crippen molar-refractivity contribution in [3.05, 3.63) is 24.7 Å². The molecule has 0 aliphatic rings. The summed E-state index contributed by atoms with van der Waals surface area (Å²) in [5.74, 6) is 0.885. The molecule has 84 valence electrons. The maximum Gasteiger partial charge on any atom is 0.154 e. The van der Waals surface area contributed by atoms with Gasteiger partial charge in [0.1, 0.15) is 5.52 Å². The summed E-state index contributed by atoms with van der Waals surface area (Å²) in [7, 11) is 1.97. The largest absolute Gasteiger partial charge is 0.393 e. The second-order valence-electron chi connectivity index (χ2n) is 3.55. The zero-order chi connectivity index (χ0) is 11.5. The molecule has 2 aromatic heterocycles. The van der Waals surface area contributed by atoms with Gasteiger partial charge >= 0.3 is 0 Å². The van der Waals surface area contributed by atoms with Gasteiger partial charge in [-0.05, 0) is 6.07 Å². The summed E-state index contributed by atoms with van der Waals surface area (Å²) in [6, 6.07) is 1.93. The van der Waals surface area contributed by atoms with Gasteiger partial charge in [0.25, 0.3) is 0 Å². The first kappa shape index (κ1) is 10.8. The highest BCUT2D eigenvalue weighted by Gasteiger charge is 2.08. The summed E-state index contributed by atoms with van der Waals surface area (Å²) in [5.41, 5.74) is 6.46. The van der Waals surface area contributed by atoms with Gasteiger partial charge in [-0.2, -0.15) is 5.10 Å². The molecule has 0 aromatic carbocycles. The Morgan fingerprint density at radius 3 is 3.12 bits per heavy atom. The van der Waals surface area contributed by atoms with Crippen molar-refractivity contribution < 1.29 is 0 Å². The van der Waals surface area contributed by atoms with Crippen molar-refractivity contribution in [1.82, 2.24) is 14.6 Å². The first-order valence-corrected chi connectivity index (χ1v) is 5.37. The van der Waals surface area contributed by atoms with E-state index in [0.717, 1.165) is 17.9 Å². The standard InChI is InChI=1S/C10H13N5S/c1-14(6-3-9(11)16)10-8-2-4-13-15(8)7-5-12-10/h2,4-5,7H,3,6H2,1H3,(H2,11,16). The minimum atomic E-state index is 0.521. The van der Waals surface area contributed by atoms with Gasteiger partial charge in [0.2, 0.25) is 0 Å². The summed E-state index contributed by atoms with van der Waals surface area (Å²) in [6.45, 7) is 0.757. The van der Waals surface area contributed by atoms with Gasteiger partial charge in [0, 0.05) is 32.4 Å². The lowest BCUT2D eigenvalue weighted by molar-refractivity contribution is 0.878. The van der Waals surface area contributed by atoms with E-state index in [1.54, 1.807) is 16.9 Å². The second kappa shape index (κ2) is 4.44. The second-order valence-corrected chi connectivity index (χ2v) is 4.07. The average Bonchev–Trinajstić information content (AvgIpc) is 2.73. The summed E-state index contributed by atoms with van der Waals surface area (Å²) in [4.78, 5) is 6.88. The maximum atomic E-state index is 5.48. The number of thiocarbonyl (C=S) groups is 1. The Morgan fingerprint density at radius 2 is 2.38 bits per heavy atom. The number of rotatable bonds is 4. The summed E-state index contributed by atoms with van der Waals surface area (Å²) >= 11 is 4.86. The highest BCUT2D eigenvalue weighted by atomic mass is 32.1. The van der Waals surface area contributed by atoms with Gasteiger partial charge in [-0.15, -0.1) is 0 Å². The van der Waals surface area contributed by atoms with E-state index in [1.807, 2.05) is 24.2 Å². The van der Waals surface area contributed by atoms with E-state index in [2.05, 4.69) is 10.1 Å². The highest BCUT2D eigenvalue weighted by molar-refractivity contribution is 7.80. The molecule has 6 heteroatoms. The zero-order valence-corrected chi connectivity index (χ0v) is 9.81. The molecule has 0 aliphatic carbocycles. The lowest BCUT2D eigenvalue weighted by Gasteiger charge is -2.18. The Morgan fingerprint density at radius 1 is 1.56 bits per heavy atom. The predicted molar refractivity (Wildman–Crippen MR) is 67.7 cm³/mol. The third-order valence-electron chi connectivity index (χ3n) is 2.36. The Labute approximate surface area is 98.9 Å². The number of hydrogen-bond acceptors (Lipinski definition) is 4. The van der Waals surface area contributed by atoms with Crippen LogP contribution in [0.3, 0.4) is 0 Å². The molecule has 0 fully saturated rings. The fraction of sp³-hybridized carbons (Fsp3) is 0.300. The predicted octanol–water partition coefficient (Wildman–Crippen LogP) is 0.842. The molecule has 2 rings (SSSR count). The third-order valence-corrected chi connectivity index (χ3v) is 2.56. The minimum absolute atomic E-state index is 0.521. The molecule has 0 atom stereocenters. The first-order chi connectivity index (χ1) is 7.68. The smallest absolute Gasteiger partial charge is 0.154 e. The van der Waals surface area contributed by atoms with Crippen LogP contribution >= 0.6 is 12.2 Å². The van der Waals surface area contributed by atoms with Gasteiger partial charge in [-0.1, -0.05) is 12.2 Å². The molecule has 0 spiro atoms. The number of aromatic nitrogens is 3. The number of hydrogen-bond donors (Lipinski definition) is 1. The van der Waals surface area contributed by atoms with E-state index < -0.39 is 0 Å². The van der Waals surface area contributed by atoms with E-state index >= 15 is 0 Å². The van der Waals surface area contributed by atoms with Gasteiger partial charge in [-0.25, -0.2) is 9.50 Å². The zero-order valence-electron chi connectivity index (χ0n) is 9.00. The molecule has 0 unspecified atom stereocenters. The van der Waals surface area contributed by atoms with Crippen LogP contribution < -0.4 is 10.6 Å². The molecule has 2 N–H and O–H groups in total. The summed E-state index contributed by atoms with van der Waals surface area (Å²) in [5, 5.41) is 4.16. The molecule has 0 amide bonds. The fourth-order valence-electron chi connectivity index (χ4n) is 1.52. The molecule has 2 aromatic rings. The van der Waals surface area contributed by atoms with Crippen LogP contribution in [0.2, 0.25) is 0 Å². The average molecular weight is 235 g/mol. The molecule has 0 saturated carbocycles. The lowest BCUT2D eigenvalue weighted by Crippen LogP contribution is -2.24. The van der Waals surface area contributed by atoms with E-state index in [9.17, 15) is 0 Å². The molecule has 2 heterocycles. The highest BCUT2D eigenvalue weighted by Crippen LogP contribution is 2.16. The number of anilines is 1. The molecule has 0 radical (unpaired) electrons. The van der Waals surface area contributed by atoms with Crippen LogP contribution in [0, 0.1) is 0 Å². The SMILES string of the molecule is CN(CCC(N)=S)c1nccn2nccc12. The van der Waals surface area contributed by atoms with Crippen molar-refractivity contribution in [1.29, 1.82) is 0 Å². The third kappa shape index (κ3) is 2.11.